The summed E-state index contributed by atoms with van der Waals surface area (Å²) in [7, 11) is 0. The predicted octanol–water partition coefficient (Wildman–Crippen LogP) is 3.20. The normalized spacial score (nSPS) is 10.8. The second-order valence-corrected chi connectivity index (χ2v) is 6.57. The number of hydrogen-bond donors (Lipinski definition) is 1. The molecule has 0 saturated carbocycles. The Morgan fingerprint density at radius 1 is 1.33 bits per heavy atom. The Bertz CT molecular complexity index is 730. The number of thiazole rings is 1. The average Bonchev–Trinajstić information content (AvgIpc) is 2.97. The van der Waals surface area contributed by atoms with Gasteiger partial charge in [-0.3, -0.25) is 9.59 Å². The summed E-state index contributed by atoms with van der Waals surface area (Å²) in [6.07, 6.45) is 0.206. The number of aliphatic carboxylic acids is 1. The van der Waals surface area contributed by atoms with Crippen LogP contribution in [0.2, 0.25) is 0 Å². The zero-order chi connectivity index (χ0) is 17.7. The lowest BCUT2D eigenvalue weighted by atomic mass is 10.1. The summed E-state index contributed by atoms with van der Waals surface area (Å²) in [6.45, 7) is 3.78. The molecule has 0 bridgehead atoms. The summed E-state index contributed by atoms with van der Waals surface area (Å²) in [5, 5.41) is 11.1. The molecule has 1 heterocycles. The van der Waals surface area contributed by atoms with Crippen molar-refractivity contribution in [3.63, 3.8) is 0 Å². The third-order valence-electron chi connectivity index (χ3n) is 3.52. The first-order chi connectivity index (χ1) is 11.4. The fourth-order valence-electron chi connectivity index (χ4n) is 2.25. The van der Waals surface area contributed by atoms with Gasteiger partial charge in [0.05, 0.1) is 11.4 Å². The second kappa shape index (κ2) is 8.01. The number of carbonyl (C=O) groups excluding carboxylic acids is 1. The van der Waals surface area contributed by atoms with Gasteiger partial charge in [0.25, 0.3) is 5.91 Å². The lowest BCUT2D eigenvalue weighted by Gasteiger charge is -2.25. The van der Waals surface area contributed by atoms with Crippen molar-refractivity contribution in [3.05, 3.63) is 51.7 Å². The van der Waals surface area contributed by atoms with E-state index in [1.807, 2.05) is 13.8 Å². The molecule has 0 atom stereocenters. The van der Waals surface area contributed by atoms with E-state index in [1.165, 1.54) is 22.3 Å². The molecule has 1 amide bonds. The topological polar surface area (TPSA) is 70.5 Å². The van der Waals surface area contributed by atoms with Crippen LogP contribution >= 0.6 is 11.3 Å². The average molecular weight is 350 g/mol. The smallest absolute Gasteiger partial charge is 0.305 e. The van der Waals surface area contributed by atoms with Crippen LogP contribution in [0.1, 0.15) is 41.3 Å². The van der Waals surface area contributed by atoms with E-state index in [2.05, 4.69) is 4.98 Å². The molecule has 0 aliphatic carbocycles. The number of carboxylic acid groups (broad SMARTS) is 1. The van der Waals surface area contributed by atoms with Crippen LogP contribution in [0, 0.1) is 5.82 Å². The molecule has 128 valence electrons. The predicted molar refractivity (Wildman–Crippen MR) is 89.7 cm³/mol. The molecule has 0 unspecified atom stereocenters. The maximum Gasteiger partial charge on any atom is 0.305 e. The Kier molecular flexibility index (Phi) is 6.03. The van der Waals surface area contributed by atoms with Crippen LogP contribution in [0.25, 0.3) is 0 Å². The van der Waals surface area contributed by atoms with Crippen molar-refractivity contribution in [2.75, 3.05) is 6.54 Å². The van der Waals surface area contributed by atoms with Gasteiger partial charge in [-0.25, -0.2) is 9.37 Å². The molecule has 24 heavy (non-hydrogen) atoms. The Balaban J connectivity index is 2.11. The number of halogens is 1. The van der Waals surface area contributed by atoms with E-state index >= 15 is 0 Å². The van der Waals surface area contributed by atoms with Crippen molar-refractivity contribution >= 4 is 23.2 Å². The van der Waals surface area contributed by atoms with E-state index in [0.717, 1.165) is 0 Å². The van der Waals surface area contributed by atoms with Gasteiger partial charge in [-0.15, -0.1) is 11.3 Å². The van der Waals surface area contributed by atoms with Crippen molar-refractivity contribution < 1.29 is 19.1 Å². The SMILES string of the molecule is CC(C)N(CCC(=O)O)C(=O)c1csc(Cc2ccccc2F)n1. The Morgan fingerprint density at radius 3 is 2.67 bits per heavy atom. The van der Waals surface area contributed by atoms with Gasteiger partial charge in [-0.2, -0.15) is 0 Å². The standard InChI is InChI=1S/C17H19FN2O3S/c1-11(2)20(8-7-16(21)22)17(23)14-10-24-15(19-14)9-12-5-3-4-6-13(12)18/h3-6,10-11H,7-9H2,1-2H3,(H,21,22). The van der Waals surface area contributed by atoms with Gasteiger partial charge in [0.1, 0.15) is 11.5 Å². The van der Waals surface area contributed by atoms with Crippen LogP contribution in [-0.4, -0.2) is 39.5 Å². The highest BCUT2D eigenvalue weighted by Crippen LogP contribution is 2.18. The van der Waals surface area contributed by atoms with Crippen molar-refractivity contribution in [1.29, 1.82) is 0 Å². The Hall–Kier alpha value is -2.28. The van der Waals surface area contributed by atoms with Gasteiger partial charge in [-0.1, -0.05) is 18.2 Å². The number of hydrogen-bond acceptors (Lipinski definition) is 4. The van der Waals surface area contributed by atoms with E-state index in [0.29, 0.717) is 17.0 Å². The van der Waals surface area contributed by atoms with Gasteiger partial charge in [-0.05, 0) is 25.5 Å². The Morgan fingerprint density at radius 2 is 2.04 bits per heavy atom. The minimum Gasteiger partial charge on any atom is -0.481 e. The molecule has 0 aliphatic heterocycles. The minimum absolute atomic E-state index is 0.115. The largest absolute Gasteiger partial charge is 0.481 e. The molecule has 0 aliphatic rings. The van der Waals surface area contributed by atoms with Crippen molar-refractivity contribution in [3.8, 4) is 0 Å². The van der Waals surface area contributed by atoms with Gasteiger partial charge in [0.15, 0.2) is 0 Å². The monoisotopic (exact) mass is 350 g/mol. The maximum atomic E-state index is 13.7. The first-order valence-electron chi connectivity index (χ1n) is 7.59. The van der Waals surface area contributed by atoms with Gasteiger partial charge in [0.2, 0.25) is 0 Å². The number of carbonyl (C=O) groups is 2. The number of nitrogens with zero attached hydrogens (tertiary/aromatic N) is 2. The van der Waals surface area contributed by atoms with E-state index in [9.17, 15) is 14.0 Å². The molecule has 0 saturated heterocycles. The molecule has 0 spiro atoms. The highest BCUT2D eigenvalue weighted by molar-refractivity contribution is 7.09. The van der Waals surface area contributed by atoms with Crippen LogP contribution in [0.15, 0.2) is 29.6 Å². The summed E-state index contributed by atoms with van der Waals surface area (Å²) in [5.74, 6) is -1.56. The molecule has 2 rings (SSSR count). The summed E-state index contributed by atoms with van der Waals surface area (Å²) in [5.41, 5.74) is 0.794. The van der Waals surface area contributed by atoms with Gasteiger partial charge >= 0.3 is 5.97 Å². The lowest BCUT2D eigenvalue weighted by molar-refractivity contribution is -0.137. The number of benzene rings is 1. The number of amides is 1. The fourth-order valence-corrected chi connectivity index (χ4v) is 3.04. The zero-order valence-electron chi connectivity index (χ0n) is 13.5. The maximum absolute atomic E-state index is 13.7. The van der Waals surface area contributed by atoms with Crippen LogP contribution in [0.4, 0.5) is 4.39 Å². The van der Waals surface area contributed by atoms with Crippen molar-refractivity contribution in [2.24, 2.45) is 0 Å². The quantitative estimate of drug-likeness (QED) is 0.832. The molecule has 5 nitrogen and oxygen atoms in total. The number of carboxylic acids is 1. The van der Waals surface area contributed by atoms with Gasteiger partial charge in [0, 0.05) is 24.4 Å². The summed E-state index contributed by atoms with van der Waals surface area (Å²) < 4.78 is 13.7. The van der Waals surface area contributed by atoms with Crippen molar-refractivity contribution in [1.82, 2.24) is 9.88 Å². The van der Waals surface area contributed by atoms with E-state index < -0.39 is 5.97 Å². The van der Waals surface area contributed by atoms with Gasteiger partial charge < -0.3 is 10.0 Å². The molecular formula is C17H19FN2O3S. The van der Waals surface area contributed by atoms with E-state index in [4.69, 9.17) is 5.11 Å². The van der Waals surface area contributed by atoms with E-state index in [1.54, 1.807) is 23.6 Å². The molecule has 2 aromatic rings. The van der Waals surface area contributed by atoms with E-state index in [-0.39, 0.29) is 36.4 Å². The molecule has 7 heteroatoms. The Labute approximate surface area is 143 Å². The number of aromatic nitrogens is 1. The fraction of sp³-hybridized carbons (Fsp3) is 0.353. The molecule has 0 fully saturated rings. The third-order valence-corrected chi connectivity index (χ3v) is 4.37. The first-order valence-corrected chi connectivity index (χ1v) is 8.47. The molecule has 1 N–H and O–H groups in total. The number of rotatable bonds is 7. The van der Waals surface area contributed by atoms with Crippen LogP contribution < -0.4 is 0 Å². The van der Waals surface area contributed by atoms with Crippen LogP contribution in [-0.2, 0) is 11.2 Å². The lowest BCUT2D eigenvalue weighted by Crippen LogP contribution is -2.38. The zero-order valence-corrected chi connectivity index (χ0v) is 14.3. The van der Waals surface area contributed by atoms with Crippen LogP contribution in [0.3, 0.4) is 0 Å². The minimum atomic E-state index is -0.952. The molecular weight excluding hydrogens is 331 g/mol. The summed E-state index contributed by atoms with van der Waals surface area (Å²) in [6, 6.07) is 6.32. The summed E-state index contributed by atoms with van der Waals surface area (Å²) in [4.78, 5) is 29.0. The molecule has 1 aromatic heterocycles. The molecule has 1 aromatic carbocycles. The highest BCUT2D eigenvalue weighted by Gasteiger charge is 2.22. The summed E-state index contributed by atoms with van der Waals surface area (Å²) >= 11 is 1.29. The highest BCUT2D eigenvalue weighted by atomic mass is 32.1. The van der Waals surface area contributed by atoms with Crippen LogP contribution in [0.5, 0.6) is 0 Å². The molecule has 0 radical (unpaired) electrons. The first kappa shape index (κ1) is 18.1. The second-order valence-electron chi connectivity index (χ2n) is 5.63. The third kappa shape index (κ3) is 4.61. The van der Waals surface area contributed by atoms with Crippen molar-refractivity contribution in [2.45, 2.75) is 32.7 Å².